The second kappa shape index (κ2) is 5.95. The Labute approximate surface area is 181 Å². The highest BCUT2D eigenvalue weighted by Crippen LogP contribution is 2.57. The molecule has 6 nitrogen and oxygen atoms in total. The Morgan fingerprint density at radius 2 is 1.50 bits per heavy atom. The normalized spacial score (nSPS) is 29.1. The van der Waals surface area contributed by atoms with Gasteiger partial charge in [0.2, 0.25) is 11.8 Å². The van der Waals surface area contributed by atoms with E-state index in [9.17, 15) is 19.2 Å². The Morgan fingerprint density at radius 3 is 2.13 bits per heavy atom. The van der Waals surface area contributed by atoms with Gasteiger partial charge < -0.3 is 0 Å². The van der Waals surface area contributed by atoms with Crippen LogP contribution in [0.5, 0.6) is 0 Å². The first-order chi connectivity index (χ1) is 14.5. The third-order valence-electron chi connectivity index (χ3n) is 7.16. The summed E-state index contributed by atoms with van der Waals surface area (Å²) in [5.74, 6) is -3.08. The Hall–Kier alpha value is -2.64. The van der Waals surface area contributed by atoms with Gasteiger partial charge in [-0.3, -0.25) is 24.1 Å². The van der Waals surface area contributed by atoms with Crippen LogP contribution in [-0.2, 0) is 9.59 Å². The fraction of sp³-hybridized carbons (Fsp3) is 0.304. The Morgan fingerprint density at radius 1 is 0.867 bits per heavy atom. The summed E-state index contributed by atoms with van der Waals surface area (Å²) in [6, 6.07) is 13.4. The number of Topliss-reactive ketones (excluding diaryl/α,β-unsaturated/α-hetero) is 2. The molecule has 2 aromatic carbocycles. The predicted octanol–water partition coefficient (Wildman–Crippen LogP) is 2.85. The summed E-state index contributed by atoms with van der Waals surface area (Å²) in [7, 11) is 0. The minimum Gasteiger partial charge on any atom is -0.291 e. The molecule has 3 heterocycles. The van der Waals surface area contributed by atoms with Crippen LogP contribution in [0.1, 0.15) is 33.6 Å². The number of carbonyl (C=O) groups excluding carboxylic acids is 4. The van der Waals surface area contributed by atoms with E-state index in [0.29, 0.717) is 29.8 Å². The highest BCUT2D eigenvalue weighted by atomic mass is 79.9. The van der Waals surface area contributed by atoms with Crippen molar-refractivity contribution in [2.24, 2.45) is 11.8 Å². The van der Waals surface area contributed by atoms with Crippen LogP contribution in [0.25, 0.3) is 0 Å². The van der Waals surface area contributed by atoms with Gasteiger partial charge in [-0.2, -0.15) is 0 Å². The molecule has 0 N–H and O–H groups in total. The summed E-state index contributed by atoms with van der Waals surface area (Å²) in [5, 5.41) is 0. The van der Waals surface area contributed by atoms with E-state index < -0.39 is 23.3 Å². The molecule has 2 amide bonds. The van der Waals surface area contributed by atoms with Gasteiger partial charge in [-0.05, 0) is 43.7 Å². The van der Waals surface area contributed by atoms with Gasteiger partial charge in [-0.15, -0.1) is 0 Å². The molecule has 3 saturated heterocycles. The van der Waals surface area contributed by atoms with Gasteiger partial charge in [0.05, 0.1) is 17.5 Å². The van der Waals surface area contributed by atoms with Crippen molar-refractivity contribution in [3.8, 4) is 0 Å². The summed E-state index contributed by atoms with van der Waals surface area (Å²) in [6.45, 7) is 0.544. The largest absolute Gasteiger partial charge is 0.291 e. The number of halogens is 1. The molecule has 3 atom stereocenters. The Balaban J connectivity index is 1.54. The van der Waals surface area contributed by atoms with Gasteiger partial charge in [0.1, 0.15) is 0 Å². The van der Waals surface area contributed by atoms with Crippen LogP contribution in [0, 0.1) is 11.8 Å². The first-order valence-electron chi connectivity index (χ1n) is 10.1. The van der Waals surface area contributed by atoms with Crippen molar-refractivity contribution in [1.29, 1.82) is 0 Å². The number of ketones is 2. The quantitative estimate of drug-likeness (QED) is 0.479. The number of amides is 2. The van der Waals surface area contributed by atoms with Gasteiger partial charge in [0.15, 0.2) is 17.1 Å². The molecule has 3 fully saturated rings. The molecule has 0 radical (unpaired) electrons. The molecule has 3 aliphatic heterocycles. The average Bonchev–Trinajstić information content (AvgIpc) is 3.44. The molecule has 6 rings (SSSR count). The fourth-order valence-corrected chi connectivity index (χ4v) is 6.35. The van der Waals surface area contributed by atoms with Crippen molar-refractivity contribution in [2.45, 2.75) is 24.4 Å². The molecule has 150 valence electrons. The van der Waals surface area contributed by atoms with Gasteiger partial charge in [0, 0.05) is 21.6 Å². The lowest BCUT2D eigenvalue weighted by atomic mass is 9.76. The minimum absolute atomic E-state index is 0.269. The Kier molecular flexibility index (Phi) is 3.60. The number of hydrogen-bond donors (Lipinski definition) is 0. The molecule has 2 aromatic rings. The van der Waals surface area contributed by atoms with Gasteiger partial charge in [-0.1, -0.05) is 40.2 Å². The van der Waals surface area contributed by atoms with Crippen molar-refractivity contribution < 1.29 is 19.2 Å². The van der Waals surface area contributed by atoms with Crippen molar-refractivity contribution >= 4 is 45.0 Å². The maximum absolute atomic E-state index is 13.7. The standard InChI is InChI=1S/C23H17BrN2O4/c24-12-7-9-13(10-8-12)26-21(29)17-16-6-3-11-25(16)23(18(17)22(26)30)19(27)14-4-1-2-5-15(14)20(23)28/h1-2,4-5,7-10,16-18H,3,6,11H2. The van der Waals surface area contributed by atoms with Crippen LogP contribution >= 0.6 is 15.9 Å². The third-order valence-corrected chi connectivity index (χ3v) is 7.69. The number of fused-ring (bicyclic) bond motifs is 6. The summed E-state index contributed by atoms with van der Waals surface area (Å²) >= 11 is 3.37. The van der Waals surface area contributed by atoms with E-state index >= 15 is 0 Å². The zero-order chi connectivity index (χ0) is 20.8. The average molecular weight is 465 g/mol. The van der Waals surface area contributed by atoms with E-state index in [1.165, 1.54) is 4.90 Å². The summed E-state index contributed by atoms with van der Waals surface area (Å²) in [5.41, 5.74) is -0.406. The topological polar surface area (TPSA) is 74.8 Å². The number of hydrogen-bond acceptors (Lipinski definition) is 5. The van der Waals surface area contributed by atoms with E-state index in [1.807, 2.05) is 4.90 Å². The Bertz CT molecular complexity index is 1120. The van der Waals surface area contributed by atoms with E-state index in [-0.39, 0.29) is 23.5 Å². The molecule has 1 aliphatic carbocycles. The SMILES string of the molecule is O=C1C2C3CCCN3C3(C(=O)c4ccccc4C3=O)C2C(=O)N1c1ccc(Br)cc1. The first-order valence-corrected chi connectivity index (χ1v) is 10.9. The van der Waals surface area contributed by atoms with Crippen molar-refractivity contribution in [3.05, 3.63) is 64.1 Å². The molecule has 0 aromatic heterocycles. The van der Waals surface area contributed by atoms with Gasteiger partial charge >= 0.3 is 0 Å². The maximum atomic E-state index is 13.7. The van der Waals surface area contributed by atoms with Crippen molar-refractivity contribution in [2.75, 3.05) is 11.4 Å². The lowest BCUT2D eigenvalue weighted by Gasteiger charge is -2.35. The molecule has 1 spiro atoms. The molecule has 7 heteroatoms. The summed E-state index contributed by atoms with van der Waals surface area (Å²) in [6.07, 6.45) is 1.50. The predicted molar refractivity (Wildman–Crippen MR) is 111 cm³/mol. The molecular formula is C23H17BrN2O4. The van der Waals surface area contributed by atoms with E-state index in [0.717, 1.165) is 10.9 Å². The lowest BCUT2D eigenvalue weighted by Crippen LogP contribution is -2.59. The van der Waals surface area contributed by atoms with E-state index in [1.54, 1.807) is 48.5 Å². The highest BCUT2D eigenvalue weighted by molar-refractivity contribution is 9.10. The maximum Gasteiger partial charge on any atom is 0.240 e. The number of nitrogens with zero attached hydrogens (tertiary/aromatic N) is 2. The number of anilines is 1. The van der Waals surface area contributed by atoms with Crippen LogP contribution < -0.4 is 4.90 Å². The number of rotatable bonds is 1. The first kappa shape index (κ1) is 18.2. The summed E-state index contributed by atoms with van der Waals surface area (Å²) in [4.78, 5) is 57.6. The highest BCUT2D eigenvalue weighted by Gasteiger charge is 2.76. The molecule has 0 saturated carbocycles. The summed E-state index contributed by atoms with van der Waals surface area (Å²) < 4.78 is 0.834. The molecule has 4 aliphatic rings. The third kappa shape index (κ3) is 1.93. The second-order valence-corrected chi connectivity index (χ2v) is 9.28. The molecule has 30 heavy (non-hydrogen) atoms. The van der Waals surface area contributed by atoms with Crippen LogP contribution in [0.2, 0.25) is 0 Å². The van der Waals surface area contributed by atoms with Crippen LogP contribution in [0.15, 0.2) is 53.0 Å². The van der Waals surface area contributed by atoms with Gasteiger partial charge in [-0.25, -0.2) is 4.90 Å². The smallest absolute Gasteiger partial charge is 0.240 e. The fourth-order valence-electron chi connectivity index (χ4n) is 6.08. The van der Waals surface area contributed by atoms with Crippen molar-refractivity contribution in [1.82, 2.24) is 4.90 Å². The molecule has 0 bridgehead atoms. The van der Waals surface area contributed by atoms with Gasteiger partial charge in [0.25, 0.3) is 0 Å². The van der Waals surface area contributed by atoms with E-state index in [2.05, 4.69) is 15.9 Å². The zero-order valence-electron chi connectivity index (χ0n) is 15.9. The number of carbonyl (C=O) groups is 4. The van der Waals surface area contributed by atoms with Crippen LogP contribution in [0.3, 0.4) is 0 Å². The monoisotopic (exact) mass is 464 g/mol. The molecule has 3 unspecified atom stereocenters. The minimum atomic E-state index is -1.59. The van der Waals surface area contributed by atoms with Crippen LogP contribution in [-0.4, -0.2) is 46.4 Å². The van der Waals surface area contributed by atoms with Crippen LogP contribution in [0.4, 0.5) is 5.69 Å². The van der Waals surface area contributed by atoms with E-state index in [4.69, 9.17) is 0 Å². The number of benzene rings is 2. The number of imide groups is 1. The molecular weight excluding hydrogens is 448 g/mol. The van der Waals surface area contributed by atoms with Crippen molar-refractivity contribution in [3.63, 3.8) is 0 Å². The lowest BCUT2D eigenvalue weighted by molar-refractivity contribution is -0.124. The second-order valence-electron chi connectivity index (χ2n) is 8.36. The zero-order valence-corrected chi connectivity index (χ0v) is 17.5.